The summed E-state index contributed by atoms with van der Waals surface area (Å²) < 4.78 is 11.1. The number of nitrogens with one attached hydrogen (secondary N) is 2. The van der Waals surface area contributed by atoms with Crippen LogP contribution < -0.4 is 20.1 Å². The number of anilines is 3. The van der Waals surface area contributed by atoms with E-state index in [1.165, 1.54) is 0 Å². The van der Waals surface area contributed by atoms with Crippen molar-refractivity contribution < 1.29 is 14.3 Å². The van der Waals surface area contributed by atoms with Gasteiger partial charge in [0, 0.05) is 23.6 Å². The highest BCUT2D eigenvalue weighted by Gasteiger charge is 2.14. The van der Waals surface area contributed by atoms with Crippen molar-refractivity contribution in [3.05, 3.63) is 65.5 Å². The van der Waals surface area contributed by atoms with Gasteiger partial charge in [-0.25, -0.2) is 9.97 Å². The molecule has 3 aromatic rings. The van der Waals surface area contributed by atoms with Gasteiger partial charge in [0.15, 0.2) is 11.5 Å². The van der Waals surface area contributed by atoms with Crippen LogP contribution in [-0.2, 0) is 0 Å². The van der Waals surface area contributed by atoms with Gasteiger partial charge in [-0.15, -0.1) is 0 Å². The fourth-order valence-electron chi connectivity index (χ4n) is 2.94. The van der Waals surface area contributed by atoms with Gasteiger partial charge in [0.2, 0.25) is 5.95 Å². The highest BCUT2D eigenvalue weighted by atomic mass is 16.6. The zero-order valence-electron chi connectivity index (χ0n) is 15.7. The van der Waals surface area contributed by atoms with Gasteiger partial charge in [0.05, 0.1) is 0 Å². The maximum absolute atomic E-state index is 12.6. The fraction of sp³-hybridized carbons (Fsp3) is 0.190. The van der Waals surface area contributed by atoms with Gasteiger partial charge in [0.25, 0.3) is 5.91 Å². The van der Waals surface area contributed by atoms with Crippen LogP contribution in [0.3, 0.4) is 0 Å². The number of carbonyl (C=O) groups is 1. The number of rotatable bonds is 4. The molecule has 2 heterocycles. The monoisotopic (exact) mass is 376 g/mol. The zero-order chi connectivity index (χ0) is 19.5. The number of fused-ring (bicyclic) bond motifs is 1. The number of amides is 1. The van der Waals surface area contributed by atoms with Crippen LogP contribution in [0.15, 0.2) is 48.7 Å². The van der Waals surface area contributed by atoms with Gasteiger partial charge in [-0.3, -0.25) is 4.79 Å². The summed E-state index contributed by atoms with van der Waals surface area (Å²) in [7, 11) is 0. The number of aromatic nitrogens is 2. The number of hydrogen-bond donors (Lipinski definition) is 2. The van der Waals surface area contributed by atoms with E-state index in [2.05, 4.69) is 20.6 Å². The van der Waals surface area contributed by atoms with Gasteiger partial charge in [-0.2, -0.15) is 0 Å². The van der Waals surface area contributed by atoms with E-state index in [0.29, 0.717) is 30.7 Å². The predicted molar refractivity (Wildman–Crippen MR) is 107 cm³/mol. The summed E-state index contributed by atoms with van der Waals surface area (Å²) in [4.78, 5) is 21.1. The highest BCUT2D eigenvalue weighted by molar-refractivity contribution is 6.03. The molecule has 0 atom stereocenters. The molecule has 28 heavy (non-hydrogen) atoms. The Balaban J connectivity index is 1.50. The molecule has 1 aromatic heterocycles. The van der Waals surface area contributed by atoms with E-state index in [4.69, 9.17) is 9.47 Å². The Kier molecular flexibility index (Phi) is 4.80. The van der Waals surface area contributed by atoms with Crippen LogP contribution in [0.4, 0.5) is 17.3 Å². The Bertz CT molecular complexity index is 1040. The van der Waals surface area contributed by atoms with E-state index >= 15 is 0 Å². The van der Waals surface area contributed by atoms with Gasteiger partial charge in [-0.05, 0) is 43.7 Å². The van der Waals surface area contributed by atoms with Crippen LogP contribution >= 0.6 is 0 Å². The van der Waals surface area contributed by atoms with Gasteiger partial charge in [-0.1, -0.05) is 17.7 Å². The van der Waals surface area contributed by atoms with Crippen molar-refractivity contribution in [3.63, 3.8) is 0 Å². The molecule has 2 N–H and O–H groups in total. The van der Waals surface area contributed by atoms with Crippen molar-refractivity contribution in [2.24, 2.45) is 0 Å². The molecule has 7 heteroatoms. The van der Waals surface area contributed by atoms with Crippen molar-refractivity contribution in [3.8, 4) is 11.5 Å². The quantitative estimate of drug-likeness (QED) is 0.719. The standard InChI is InChI=1S/C21H20N4O3/c1-13-3-5-16(14(2)11-13)24-20(26)17-7-8-22-21(25-17)23-15-4-6-18-19(12-15)28-10-9-27-18/h3-8,11-12H,9-10H2,1-2H3,(H,24,26)(H,22,23,25). The van der Waals surface area contributed by atoms with Crippen LogP contribution in [-0.4, -0.2) is 29.1 Å². The third-order valence-electron chi connectivity index (χ3n) is 4.32. The third kappa shape index (κ3) is 3.88. The normalized spacial score (nSPS) is 12.4. The highest BCUT2D eigenvalue weighted by Crippen LogP contribution is 2.33. The minimum Gasteiger partial charge on any atom is -0.486 e. The molecular formula is C21H20N4O3. The van der Waals surface area contributed by atoms with Crippen LogP contribution in [0.5, 0.6) is 11.5 Å². The van der Waals surface area contributed by atoms with E-state index in [0.717, 1.165) is 22.5 Å². The van der Waals surface area contributed by atoms with Gasteiger partial charge < -0.3 is 20.1 Å². The van der Waals surface area contributed by atoms with Crippen molar-refractivity contribution in [2.45, 2.75) is 13.8 Å². The lowest BCUT2D eigenvalue weighted by molar-refractivity contribution is 0.102. The first kappa shape index (κ1) is 17.8. The lowest BCUT2D eigenvalue weighted by Crippen LogP contribution is -2.16. The second-order valence-corrected chi connectivity index (χ2v) is 6.52. The number of benzene rings is 2. The molecule has 142 valence electrons. The summed E-state index contributed by atoms with van der Waals surface area (Å²) in [5, 5.41) is 5.99. The summed E-state index contributed by atoms with van der Waals surface area (Å²) in [6, 6.07) is 12.9. The molecule has 1 amide bonds. The average Bonchev–Trinajstić information content (AvgIpc) is 2.70. The van der Waals surface area contributed by atoms with Gasteiger partial charge >= 0.3 is 0 Å². The zero-order valence-corrected chi connectivity index (χ0v) is 15.7. The van der Waals surface area contributed by atoms with E-state index in [1.54, 1.807) is 12.3 Å². The van der Waals surface area contributed by atoms with Crippen LogP contribution in [0.1, 0.15) is 21.6 Å². The summed E-state index contributed by atoms with van der Waals surface area (Å²) >= 11 is 0. The number of hydrogen-bond acceptors (Lipinski definition) is 6. The van der Waals surface area contributed by atoms with Crippen LogP contribution in [0.2, 0.25) is 0 Å². The minimum absolute atomic E-state index is 0.273. The summed E-state index contributed by atoms with van der Waals surface area (Å²) in [5.74, 6) is 1.41. The topological polar surface area (TPSA) is 85.4 Å². The Labute approximate surface area is 162 Å². The Morgan fingerprint density at radius 3 is 2.64 bits per heavy atom. The lowest BCUT2D eigenvalue weighted by atomic mass is 10.1. The van der Waals surface area contributed by atoms with E-state index in [-0.39, 0.29) is 11.6 Å². The van der Waals surface area contributed by atoms with Crippen molar-refractivity contribution in [2.75, 3.05) is 23.8 Å². The number of aryl methyl sites for hydroxylation is 2. The third-order valence-corrected chi connectivity index (χ3v) is 4.32. The Morgan fingerprint density at radius 1 is 1.00 bits per heavy atom. The minimum atomic E-state index is -0.292. The molecule has 0 radical (unpaired) electrons. The molecule has 1 aliphatic rings. The average molecular weight is 376 g/mol. The first-order valence-electron chi connectivity index (χ1n) is 8.97. The van der Waals surface area contributed by atoms with Crippen LogP contribution in [0.25, 0.3) is 0 Å². The van der Waals surface area contributed by atoms with Crippen molar-refractivity contribution >= 4 is 23.2 Å². The summed E-state index contributed by atoms with van der Waals surface area (Å²) in [5.41, 5.74) is 3.92. The van der Waals surface area contributed by atoms with E-state index < -0.39 is 0 Å². The summed E-state index contributed by atoms with van der Waals surface area (Å²) in [6.07, 6.45) is 1.55. The molecule has 0 saturated heterocycles. The molecule has 0 fully saturated rings. The maximum Gasteiger partial charge on any atom is 0.274 e. The molecule has 2 aromatic carbocycles. The molecule has 1 aliphatic heterocycles. The maximum atomic E-state index is 12.6. The SMILES string of the molecule is Cc1ccc(NC(=O)c2ccnc(Nc3ccc4c(c3)OCCO4)n2)c(C)c1. The molecule has 0 aliphatic carbocycles. The second kappa shape index (κ2) is 7.56. The second-order valence-electron chi connectivity index (χ2n) is 6.52. The molecule has 4 rings (SSSR count). The molecule has 0 unspecified atom stereocenters. The first-order chi connectivity index (χ1) is 13.6. The number of nitrogens with zero attached hydrogens (tertiary/aromatic N) is 2. The molecular weight excluding hydrogens is 356 g/mol. The van der Waals surface area contributed by atoms with Crippen molar-refractivity contribution in [1.29, 1.82) is 0 Å². The fourth-order valence-corrected chi connectivity index (χ4v) is 2.94. The Morgan fingerprint density at radius 2 is 1.82 bits per heavy atom. The van der Waals surface area contributed by atoms with Crippen molar-refractivity contribution in [1.82, 2.24) is 9.97 Å². The van der Waals surface area contributed by atoms with Crippen LogP contribution in [0, 0.1) is 13.8 Å². The van der Waals surface area contributed by atoms with Gasteiger partial charge in [0.1, 0.15) is 18.9 Å². The summed E-state index contributed by atoms with van der Waals surface area (Å²) in [6.45, 7) is 5.03. The molecule has 7 nitrogen and oxygen atoms in total. The van der Waals surface area contributed by atoms with E-state index in [1.807, 2.05) is 50.2 Å². The first-order valence-corrected chi connectivity index (χ1v) is 8.97. The van der Waals surface area contributed by atoms with E-state index in [9.17, 15) is 4.79 Å². The number of carbonyl (C=O) groups excluding carboxylic acids is 1. The lowest BCUT2D eigenvalue weighted by Gasteiger charge is -2.19. The Hall–Kier alpha value is -3.61. The molecule has 0 saturated carbocycles. The molecule has 0 spiro atoms. The predicted octanol–water partition coefficient (Wildman–Crippen LogP) is 3.86. The smallest absolute Gasteiger partial charge is 0.274 e. The molecule has 0 bridgehead atoms. The largest absolute Gasteiger partial charge is 0.486 e. The number of ether oxygens (including phenoxy) is 2.